The fraction of sp³-hybridized carbons (Fsp3) is 0.476. The quantitative estimate of drug-likeness (QED) is 0.857. The lowest BCUT2D eigenvalue weighted by Gasteiger charge is -2.32. The fourth-order valence-corrected chi connectivity index (χ4v) is 3.90. The Morgan fingerprint density at radius 2 is 2.29 bits per heavy atom. The molecule has 148 valence electrons. The van der Waals surface area contributed by atoms with Crippen molar-refractivity contribution in [2.24, 2.45) is 5.92 Å². The Balaban J connectivity index is 1.49. The topological polar surface area (TPSA) is 76.6 Å². The van der Waals surface area contributed by atoms with Gasteiger partial charge in [0.2, 0.25) is 5.91 Å². The van der Waals surface area contributed by atoms with Crippen molar-refractivity contribution in [3.8, 4) is 11.5 Å². The molecule has 0 unspecified atom stereocenters. The zero-order valence-electron chi connectivity index (χ0n) is 16.4. The Kier molecular flexibility index (Phi) is 5.32. The van der Waals surface area contributed by atoms with Crippen LogP contribution in [0.4, 0.5) is 11.5 Å². The third-order valence-electron chi connectivity index (χ3n) is 5.22. The van der Waals surface area contributed by atoms with Gasteiger partial charge in [0, 0.05) is 43.5 Å². The Morgan fingerprint density at radius 1 is 1.39 bits per heavy atom. The van der Waals surface area contributed by atoms with Crippen molar-refractivity contribution in [2.45, 2.75) is 39.2 Å². The highest BCUT2D eigenvalue weighted by atomic mass is 16.5. The first kappa shape index (κ1) is 18.5. The summed E-state index contributed by atoms with van der Waals surface area (Å²) in [5, 5.41) is 3.07. The average Bonchev–Trinajstić information content (AvgIpc) is 3.08. The summed E-state index contributed by atoms with van der Waals surface area (Å²) < 4.78 is 11.6. The van der Waals surface area contributed by atoms with E-state index in [1.807, 2.05) is 26.0 Å². The average molecular weight is 382 g/mol. The van der Waals surface area contributed by atoms with Gasteiger partial charge >= 0.3 is 0 Å². The van der Waals surface area contributed by atoms with Crippen LogP contribution in [0.5, 0.6) is 11.5 Å². The number of piperidine rings is 1. The third-order valence-corrected chi connectivity index (χ3v) is 5.22. The highest BCUT2D eigenvalue weighted by molar-refractivity contribution is 5.95. The van der Waals surface area contributed by atoms with Gasteiger partial charge in [-0.1, -0.05) is 0 Å². The van der Waals surface area contributed by atoms with Crippen molar-refractivity contribution >= 4 is 17.4 Å². The first-order chi connectivity index (χ1) is 13.6. The van der Waals surface area contributed by atoms with E-state index in [1.54, 1.807) is 18.6 Å². The molecular weight excluding hydrogens is 356 g/mol. The van der Waals surface area contributed by atoms with Gasteiger partial charge in [-0.2, -0.15) is 0 Å². The zero-order valence-corrected chi connectivity index (χ0v) is 16.4. The number of carbonyl (C=O) groups is 1. The predicted octanol–water partition coefficient (Wildman–Crippen LogP) is 3.05. The fourth-order valence-electron chi connectivity index (χ4n) is 3.90. The molecule has 1 N–H and O–H groups in total. The minimum absolute atomic E-state index is 0.000499. The van der Waals surface area contributed by atoms with E-state index < -0.39 is 0 Å². The predicted molar refractivity (Wildman–Crippen MR) is 107 cm³/mol. The molecule has 0 aliphatic carbocycles. The molecule has 2 aliphatic heterocycles. The lowest BCUT2D eigenvalue weighted by atomic mass is 9.97. The van der Waals surface area contributed by atoms with Crippen LogP contribution in [0.3, 0.4) is 0 Å². The smallest absolute Gasteiger partial charge is 0.229 e. The molecule has 4 rings (SSSR count). The number of carbonyl (C=O) groups excluding carboxylic acids is 1. The number of nitrogens with zero attached hydrogens (tertiary/aromatic N) is 3. The van der Waals surface area contributed by atoms with Crippen molar-refractivity contribution in [3.63, 3.8) is 0 Å². The monoisotopic (exact) mass is 382 g/mol. The van der Waals surface area contributed by atoms with E-state index in [9.17, 15) is 4.79 Å². The van der Waals surface area contributed by atoms with Crippen LogP contribution < -0.4 is 19.7 Å². The molecule has 1 aromatic heterocycles. The van der Waals surface area contributed by atoms with E-state index in [4.69, 9.17) is 9.47 Å². The molecule has 1 saturated heterocycles. The number of hydrogen-bond acceptors (Lipinski definition) is 6. The van der Waals surface area contributed by atoms with E-state index in [0.717, 1.165) is 42.9 Å². The summed E-state index contributed by atoms with van der Waals surface area (Å²) in [6.07, 6.45) is 7.88. The molecule has 0 saturated carbocycles. The molecule has 7 heteroatoms. The van der Waals surface area contributed by atoms with Gasteiger partial charge in [-0.25, -0.2) is 4.98 Å². The second kappa shape index (κ2) is 8.04. The second-order valence-electron chi connectivity index (χ2n) is 7.36. The van der Waals surface area contributed by atoms with E-state index in [0.29, 0.717) is 24.6 Å². The maximum atomic E-state index is 13.0. The molecule has 28 heavy (non-hydrogen) atoms. The number of ether oxygens (including phenoxy) is 2. The normalized spacial score (nSPS) is 21.0. The number of anilines is 2. The van der Waals surface area contributed by atoms with Gasteiger partial charge < -0.3 is 19.7 Å². The number of amides is 1. The SMILES string of the molecule is CCOc1cc2c(cc1NC(=O)[C@H]1CCCN(c3cnccn3)C1)O[C@@H](C)C2. The van der Waals surface area contributed by atoms with Crippen LogP contribution in [-0.2, 0) is 11.2 Å². The molecule has 3 heterocycles. The van der Waals surface area contributed by atoms with Crippen molar-refractivity contribution < 1.29 is 14.3 Å². The maximum absolute atomic E-state index is 13.0. The van der Waals surface area contributed by atoms with Crippen molar-refractivity contribution in [3.05, 3.63) is 36.3 Å². The molecular formula is C21H26N4O3. The zero-order chi connectivity index (χ0) is 19.5. The molecule has 0 bridgehead atoms. The van der Waals surface area contributed by atoms with Crippen molar-refractivity contribution in [1.29, 1.82) is 0 Å². The number of aromatic nitrogens is 2. The lowest BCUT2D eigenvalue weighted by Crippen LogP contribution is -2.41. The highest BCUT2D eigenvalue weighted by Crippen LogP contribution is 2.38. The van der Waals surface area contributed by atoms with Gasteiger partial charge in [-0.15, -0.1) is 0 Å². The first-order valence-electron chi connectivity index (χ1n) is 9.92. The summed E-state index contributed by atoms with van der Waals surface area (Å²) in [4.78, 5) is 23.6. The highest BCUT2D eigenvalue weighted by Gasteiger charge is 2.28. The summed E-state index contributed by atoms with van der Waals surface area (Å²) in [6, 6.07) is 3.88. The summed E-state index contributed by atoms with van der Waals surface area (Å²) >= 11 is 0. The van der Waals surface area contributed by atoms with Gasteiger partial charge in [-0.05, 0) is 32.8 Å². The number of hydrogen-bond donors (Lipinski definition) is 1. The van der Waals surface area contributed by atoms with Crippen molar-refractivity contribution in [1.82, 2.24) is 9.97 Å². The lowest BCUT2D eigenvalue weighted by molar-refractivity contribution is -0.120. The Bertz CT molecular complexity index is 843. The molecule has 1 amide bonds. The number of fused-ring (bicyclic) bond motifs is 1. The molecule has 2 atom stereocenters. The van der Waals surface area contributed by atoms with Crippen LogP contribution in [0.15, 0.2) is 30.7 Å². The van der Waals surface area contributed by atoms with E-state index in [2.05, 4.69) is 20.2 Å². The van der Waals surface area contributed by atoms with E-state index in [1.165, 1.54) is 0 Å². The Hall–Kier alpha value is -2.83. The van der Waals surface area contributed by atoms with E-state index in [-0.39, 0.29) is 17.9 Å². The molecule has 1 aromatic carbocycles. The van der Waals surface area contributed by atoms with Gasteiger partial charge in [0.1, 0.15) is 23.4 Å². The van der Waals surface area contributed by atoms with E-state index >= 15 is 0 Å². The summed E-state index contributed by atoms with van der Waals surface area (Å²) in [5.41, 5.74) is 1.80. The summed E-state index contributed by atoms with van der Waals surface area (Å²) in [6.45, 7) is 6.05. The minimum atomic E-state index is -0.113. The van der Waals surface area contributed by atoms with Crippen LogP contribution in [0.2, 0.25) is 0 Å². The molecule has 2 aromatic rings. The molecule has 0 spiro atoms. The van der Waals surface area contributed by atoms with Crippen molar-refractivity contribution in [2.75, 3.05) is 29.9 Å². The Labute approximate surface area is 165 Å². The number of rotatable bonds is 5. The van der Waals surface area contributed by atoms with Gasteiger partial charge in [-0.3, -0.25) is 9.78 Å². The standard InChI is InChI=1S/C21H26N4O3/c1-3-27-19-10-16-9-14(2)28-18(16)11-17(19)24-21(26)15-5-4-8-25(13-15)20-12-22-6-7-23-20/h6-7,10-12,14-15H,3-5,8-9,13H2,1-2H3,(H,24,26)/t14-,15-/m0/s1. The third kappa shape index (κ3) is 3.88. The molecule has 2 aliphatic rings. The summed E-state index contributed by atoms with van der Waals surface area (Å²) in [7, 11) is 0. The molecule has 7 nitrogen and oxygen atoms in total. The number of nitrogens with one attached hydrogen (secondary N) is 1. The largest absolute Gasteiger partial charge is 0.492 e. The van der Waals surface area contributed by atoms with Crippen LogP contribution in [0.1, 0.15) is 32.3 Å². The summed E-state index contributed by atoms with van der Waals surface area (Å²) in [5.74, 6) is 2.23. The van der Waals surface area contributed by atoms with Gasteiger partial charge in [0.25, 0.3) is 0 Å². The van der Waals surface area contributed by atoms with Gasteiger partial charge in [0.15, 0.2) is 0 Å². The minimum Gasteiger partial charge on any atom is -0.492 e. The van der Waals surface area contributed by atoms with Gasteiger partial charge in [0.05, 0.1) is 24.4 Å². The molecule has 1 fully saturated rings. The maximum Gasteiger partial charge on any atom is 0.229 e. The van der Waals surface area contributed by atoms with Crippen LogP contribution in [0, 0.1) is 5.92 Å². The first-order valence-corrected chi connectivity index (χ1v) is 9.92. The molecule has 0 radical (unpaired) electrons. The van der Waals surface area contributed by atoms with Crippen LogP contribution in [-0.4, -0.2) is 41.7 Å². The second-order valence-corrected chi connectivity index (χ2v) is 7.36. The van der Waals surface area contributed by atoms with Crippen LogP contribution >= 0.6 is 0 Å². The Morgan fingerprint density at radius 3 is 3.07 bits per heavy atom. The number of benzene rings is 1. The van der Waals surface area contributed by atoms with Crippen LogP contribution in [0.25, 0.3) is 0 Å².